The molecule has 2 nitrogen and oxygen atoms in total. The summed E-state index contributed by atoms with van der Waals surface area (Å²) in [6.45, 7) is 4.97. The lowest BCUT2D eigenvalue weighted by Gasteiger charge is -2.27. The summed E-state index contributed by atoms with van der Waals surface area (Å²) >= 11 is 0. The van der Waals surface area contributed by atoms with Crippen molar-refractivity contribution in [2.45, 2.75) is 38.1 Å². The van der Waals surface area contributed by atoms with E-state index in [2.05, 4.69) is 40.5 Å². The summed E-state index contributed by atoms with van der Waals surface area (Å²) in [5, 5.41) is 3.80. The first-order valence-corrected chi connectivity index (χ1v) is 7.94. The molecule has 0 aromatic heterocycles. The average Bonchev–Trinajstić information content (AvgIpc) is 3.30. The summed E-state index contributed by atoms with van der Waals surface area (Å²) in [5.74, 6) is 0.878. The molecule has 104 valence electrons. The van der Waals surface area contributed by atoms with Crippen molar-refractivity contribution in [3.8, 4) is 0 Å². The van der Waals surface area contributed by atoms with Gasteiger partial charge in [0.05, 0.1) is 0 Å². The van der Waals surface area contributed by atoms with Gasteiger partial charge in [-0.25, -0.2) is 0 Å². The van der Waals surface area contributed by atoms with Gasteiger partial charge < -0.3 is 10.2 Å². The van der Waals surface area contributed by atoms with E-state index >= 15 is 0 Å². The van der Waals surface area contributed by atoms with Gasteiger partial charge >= 0.3 is 0 Å². The van der Waals surface area contributed by atoms with Crippen molar-refractivity contribution in [3.63, 3.8) is 0 Å². The van der Waals surface area contributed by atoms with E-state index in [1.807, 2.05) is 0 Å². The Hall–Kier alpha value is -0.860. The van der Waals surface area contributed by atoms with Gasteiger partial charge in [-0.15, -0.1) is 0 Å². The van der Waals surface area contributed by atoms with E-state index in [4.69, 9.17) is 0 Å². The summed E-state index contributed by atoms with van der Waals surface area (Å²) in [6, 6.07) is 11.6. The number of nitrogens with one attached hydrogen (secondary N) is 1. The van der Waals surface area contributed by atoms with Crippen LogP contribution >= 0.6 is 0 Å². The highest BCUT2D eigenvalue weighted by molar-refractivity contribution is 5.21. The van der Waals surface area contributed by atoms with Crippen LogP contribution in [0.3, 0.4) is 0 Å². The molecule has 1 aromatic rings. The van der Waals surface area contributed by atoms with Gasteiger partial charge in [0.1, 0.15) is 0 Å². The molecular formula is C17H26N2. The number of hydrogen-bond donors (Lipinski definition) is 1. The minimum atomic E-state index is 0.589. The van der Waals surface area contributed by atoms with Crippen molar-refractivity contribution in [2.75, 3.05) is 26.2 Å². The van der Waals surface area contributed by atoms with Crippen molar-refractivity contribution in [2.24, 2.45) is 5.92 Å². The van der Waals surface area contributed by atoms with Gasteiger partial charge in [-0.1, -0.05) is 36.8 Å². The van der Waals surface area contributed by atoms with Crippen LogP contribution in [-0.2, 0) is 0 Å². The van der Waals surface area contributed by atoms with E-state index in [-0.39, 0.29) is 0 Å². The first-order chi connectivity index (χ1) is 9.43. The number of hydrogen-bond acceptors (Lipinski definition) is 2. The van der Waals surface area contributed by atoms with Crippen molar-refractivity contribution >= 4 is 0 Å². The maximum Gasteiger partial charge on any atom is 0.0349 e. The fourth-order valence-corrected chi connectivity index (χ4v) is 3.21. The molecule has 1 aliphatic heterocycles. The van der Waals surface area contributed by atoms with Crippen molar-refractivity contribution in [3.05, 3.63) is 35.9 Å². The Morgan fingerprint density at radius 2 is 1.79 bits per heavy atom. The summed E-state index contributed by atoms with van der Waals surface area (Å²) < 4.78 is 0. The third-order valence-corrected chi connectivity index (χ3v) is 4.49. The lowest BCUT2D eigenvalue weighted by Crippen LogP contribution is -2.37. The number of likely N-dealkylation sites (tertiary alicyclic amines) is 1. The smallest absolute Gasteiger partial charge is 0.0349 e. The normalized spacial score (nSPS) is 22.3. The quantitative estimate of drug-likeness (QED) is 0.843. The van der Waals surface area contributed by atoms with E-state index in [9.17, 15) is 0 Å². The van der Waals surface area contributed by atoms with Gasteiger partial charge in [0, 0.05) is 19.1 Å². The average molecular weight is 258 g/mol. The minimum absolute atomic E-state index is 0.589. The summed E-state index contributed by atoms with van der Waals surface area (Å²) in [6.07, 6.45) is 7.01. The van der Waals surface area contributed by atoms with Gasteiger partial charge in [0.25, 0.3) is 0 Å². The van der Waals surface area contributed by atoms with Crippen LogP contribution in [-0.4, -0.2) is 31.1 Å². The molecule has 0 amide bonds. The monoisotopic (exact) mass is 258 g/mol. The third kappa shape index (κ3) is 3.80. The predicted molar refractivity (Wildman–Crippen MR) is 80.2 cm³/mol. The van der Waals surface area contributed by atoms with Crippen LogP contribution in [0.1, 0.15) is 43.7 Å². The zero-order chi connectivity index (χ0) is 12.9. The molecule has 2 heteroatoms. The predicted octanol–water partition coefficient (Wildman–Crippen LogP) is 3.21. The molecule has 2 fully saturated rings. The Morgan fingerprint density at radius 1 is 1.05 bits per heavy atom. The van der Waals surface area contributed by atoms with Crippen molar-refractivity contribution < 1.29 is 0 Å². The molecule has 2 aliphatic rings. The molecule has 1 heterocycles. The second kappa shape index (κ2) is 6.53. The first-order valence-electron chi connectivity index (χ1n) is 7.94. The number of nitrogens with zero attached hydrogens (tertiary/aromatic N) is 1. The maximum absolute atomic E-state index is 3.80. The lowest BCUT2D eigenvalue weighted by molar-refractivity contribution is 0.225. The van der Waals surface area contributed by atoms with Gasteiger partial charge in [-0.05, 0) is 50.3 Å². The largest absolute Gasteiger partial charge is 0.308 e. The van der Waals surface area contributed by atoms with Crippen molar-refractivity contribution in [1.82, 2.24) is 10.2 Å². The van der Waals surface area contributed by atoms with E-state index in [1.54, 1.807) is 0 Å². The Bertz CT molecular complexity index is 366. The van der Waals surface area contributed by atoms with Gasteiger partial charge in [0.15, 0.2) is 0 Å². The fourth-order valence-electron chi connectivity index (χ4n) is 3.21. The molecule has 1 atom stereocenters. The number of benzene rings is 1. The molecule has 1 saturated heterocycles. The van der Waals surface area contributed by atoms with E-state index in [1.165, 1.54) is 57.3 Å². The van der Waals surface area contributed by atoms with Crippen LogP contribution in [0.2, 0.25) is 0 Å². The molecule has 0 bridgehead atoms. The zero-order valence-corrected chi connectivity index (χ0v) is 11.9. The Balaban J connectivity index is 1.48. The molecule has 1 aromatic carbocycles. The Morgan fingerprint density at radius 3 is 2.47 bits per heavy atom. The summed E-state index contributed by atoms with van der Waals surface area (Å²) in [7, 11) is 0. The van der Waals surface area contributed by atoms with Gasteiger partial charge in [-0.2, -0.15) is 0 Å². The highest BCUT2D eigenvalue weighted by Crippen LogP contribution is 2.40. The topological polar surface area (TPSA) is 15.3 Å². The molecule has 1 saturated carbocycles. The molecule has 19 heavy (non-hydrogen) atoms. The highest BCUT2D eigenvalue weighted by Gasteiger charge is 2.31. The number of piperidine rings is 1. The molecule has 1 unspecified atom stereocenters. The zero-order valence-electron chi connectivity index (χ0n) is 11.9. The standard InChI is InChI=1S/C17H26N2/c1-3-7-15(8-4-1)17(16-9-10-16)18-11-14-19-12-5-2-6-13-19/h1,3-4,7-8,16-18H,2,5-6,9-14H2. The highest BCUT2D eigenvalue weighted by atomic mass is 15.1. The number of rotatable bonds is 6. The minimum Gasteiger partial charge on any atom is -0.308 e. The van der Waals surface area contributed by atoms with Crippen LogP contribution < -0.4 is 5.32 Å². The summed E-state index contributed by atoms with van der Waals surface area (Å²) in [5.41, 5.74) is 1.48. The first kappa shape index (κ1) is 13.1. The van der Waals surface area contributed by atoms with E-state index < -0.39 is 0 Å². The summed E-state index contributed by atoms with van der Waals surface area (Å²) in [4.78, 5) is 2.62. The fraction of sp³-hybridized carbons (Fsp3) is 0.647. The molecule has 1 N–H and O–H groups in total. The molecule has 3 rings (SSSR count). The van der Waals surface area contributed by atoms with Crippen molar-refractivity contribution in [1.29, 1.82) is 0 Å². The maximum atomic E-state index is 3.80. The van der Waals surface area contributed by atoms with Crippen LogP contribution in [0.25, 0.3) is 0 Å². The molecule has 0 radical (unpaired) electrons. The van der Waals surface area contributed by atoms with Crippen LogP contribution in [0, 0.1) is 5.92 Å². The third-order valence-electron chi connectivity index (χ3n) is 4.49. The SMILES string of the molecule is c1ccc(C(NCCN2CCCCC2)C2CC2)cc1. The second-order valence-electron chi connectivity index (χ2n) is 6.08. The van der Waals surface area contributed by atoms with Gasteiger partial charge in [-0.3, -0.25) is 0 Å². The Kier molecular flexibility index (Phi) is 4.52. The van der Waals surface area contributed by atoms with E-state index in [0.29, 0.717) is 6.04 Å². The van der Waals surface area contributed by atoms with Gasteiger partial charge in [0.2, 0.25) is 0 Å². The Labute approximate surface area is 117 Å². The molecule has 0 spiro atoms. The molecule has 1 aliphatic carbocycles. The van der Waals surface area contributed by atoms with E-state index in [0.717, 1.165) is 12.5 Å². The molecular weight excluding hydrogens is 232 g/mol. The van der Waals surface area contributed by atoms with Crippen LogP contribution in [0.15, 0.2) is 30.3 Å². The lowest BCUT2D eigenvalue weighted by atomic mass is 10.0. The second-order valence-corrected chi connectivity index (χ2v) is 6.08. The van der Waals surface area contributed by atoms with Crippen LogP contribution in [0.4, 0.5) is 0 Å². The van der Waals surface area contributed by atoms with Crippen LogP contribution in [0.5, 0.6) is 0 Å².